The summed E-state index contributed by atoms with van der Waals surface area (Å²) in [6, 6.07) is 6.93. The molecule has 3 N–H and O–H groups in total. The van der Waals surface area contributed by atoms with E-state index in [4.69, 9.17) is 19.7 Å². The number of hydrogen-bond donors (Lipinski definition) is 3. The number of carbonyl (C=O) groups excluding carboxylic acids is 4. The van der Waals surface area contributed by atoms with E-state index in [2.05, 4.69) is 0 Å². The van der Waals surface area contributed by atoms with Gasteiger partial charge in [0.05, 0.1) is 29.0 Å². The second-order valence-electron chi connectivity index (χ2n) is 12.7. The number of esters is 1. The second kappa shape index (κ2) is 14.0. The Kier molecular flexibility index (Phi) is 9.70. The number of hydrogen-bond acceptors (Lipinski definition) is 10. The molecule has 3 amide bonds. The monoisotopic (exact) mass is 675 g/mol. The van der Waals surface area contributed by atoms with Crippen molar-refractivity contribution in [1.82, 2.24) is 24.8 Å². The average Bonchev–Trinajstić information content (AvgIpc) is 3.48. The van der Waals surface area contributed by atoms with Crippen LogP contribution in [0.15, 0.2) is 29.1 Å². The molecule has 6 rings (SSSR count). The van der Waals surface area contributed by atoms with Crippen molar-refractivity contribution in [2.75, 3.05) is 26.2 Å². The number of aliphatic hydroxyl groups is 1. The van der Waals surface area contributed by atoms with Crippen LogP contribution in [0.5, 0.6) is 5.75 Å². The van der Waals surface area contributed by atoms with Crippen LogP contribution < -0.4 is 15.8 Å². The molecule has 49 heavy (non-hydrogen) atoms. The summed E-state index contributed by atoms with van der Waals surface area (Å²) in [5.74, 6) is -0.783. The highest BCUT2D eigenvalue weighted by molar-refractivity contribution is 5.90. The lowest BCUT2D eigenvalue weighted by molar-refractivity contribution is -0.172. The zero-order chi connectivity index (χ0) is 34.9. The van der Waals surface area contributed by atoms with Gasteiger partial charge in [-0.2, -0.15) is 0 Å². The van der Waals surface area contributed by atoms with Crippen molar-refractivity contribution in [3.8, 4) is 17.1 Å². The van der Waals surface area contributed by atoms with Crippen molar-refractivity contribution >= 4 is 34.8 Å². The molecule has 260 valence electrons. The lowest BCUT2D eigenvalue weighted by Crippen LogP contribution is -2.51. The first-order valence-electron chi connectivity index (χ1n) is 16.9. The highest BCUT2D eigenvalue weighted by Gasteiger charge is 2.45. The van der Waals surface area contributed by atoms with E-state index in [9.17, 15) is 29.1 Å². The molecule has 0 radical (unpaired) electrons. The summed E-state index contributed by atoms with van der Waals surface area (Å²) >= 11 is 0. The summed E-state index contributed by atoms with van der Waals surface area (Å²) in [5.41, 5.74) is 3.54. The van der Waals surface area contributed by atoms with Gasteiger partial charge in [-0.1, -0.05) is 26.7 Å². The Labute approximate surface area is 282 Å². The molecular weight excluding hydrogens is 634 g/mol. The summed E-state index contributed by atoms with van der Waals surface area (Å²) in [6.07, 6.45) is 3.82. The number of benzene rings is 1. The van der Waals surface area contributed by atoms with Crippen LogP contribution in [0.1, 0.15) is 81.0 Å². The van der Waals surface area contributed by atoms with Crippen LogP contribution in [0.25, 0.3) is 22.3 Å². The Morgan fingerprint density at radius 2 is 1.69 bits per heavy atom. The zero-order valence-corrected chi connectivity index (χ0v) is 27.7. The van der Waals surface area contributed by atoms with Gasteiger partial charge in [0.2, 0.25) is 11.8 Å². The molecule has 1 aromatic carbocycles. The van der Waals surface area contributed by atoms with Gasteiger partial charge in [0, 0.05) is 55.5 Å². The van der Waals surface area contributed by atoms with E-state index in [0.29, 0.717) is 74.5 Å². The molecule has 1 fully saturated rings. The van der Waals surface area contributed by atoms with Gasteiger partial charge >= 0.3 is 12.1 Å². The molecule has 3 aliphatic heterocycles. The van der Waals surface area contributed by atoms with E-state index < -0.39 is 23.6 Å². The van der Waals surface area contributed by atoms with Crippen LogP contribution in [0.2, 0.25) is 0 Å². The van der Waals surface area contributed by atoms with Gasteiger partial charge < -0.3 is 28.9 Å². The molecule has 0 aliphatic carbocycles. The lowest BCUT2D eigenvalue weighted by atomic mass is 9.86. The van der Waals surface area contributed by atoms with E-state index in [1.807, 2.05) is 6.92 Å². The molecule has 0 bridgehead atoms. The molecule has 0 unspecified atom stereocenters. The van der Waals surface area contributed by atoms with E-state index in [1.165, 1.54) is 0 Å². The topological polar surface area (TPSA) is 181 Å². The number of unbranched alkanes of at least 4 members (excludes halogenated alkanes) is 3. The predicted octanol–water partition coefficient (Wildman–Crippen LogP) is 3.13. The lowest BCUT2D eigenvalue weighted by Gasteiger charge is -2.34. The normalized spacial score (nSPS) is 18.1. The van der Waals surface area contributed by atoms with Crippen LogP contribution in [0.4, 0.5) is 4.79 Å². The van der Waals surface area contributed by atoms with Crippen LogP contribution in [0, 0.1) is 0 Å². The molecule has 5 heterocycles. The van der Waals surface area contributed by atoms with Gasteiger partial charge in [0.15, 0.2) is 5.60 Å². The van der Waals surface area contributed by atoms with Crippen molar-refractivity contribution in [3.63, 3.8) is 0 Å². The van der Waals surface area contributed by atoms with Gasteiger partial charge in [0.1, 0.15) is 12.4 Å². The molecule has 0 spiro atoms. The number of carbonyl (C=O) groups is 4. The van der Waals surface area contributed by atoms with Crippen molar-refractivity contribution in [1.29, 1.82) is 0 Å². The Hall–Kier alpha value is -4.82. The smallest absolute Gasteiger partial charge is 0.415 e. The molecule has 1 atom stereocenters. The first kappa shape index (κ1) is 34.1. The summed E-state index contributed by atoms with van der Waals surface area (Å²) in [6.45, 7) is 5.29. The molecule has 3 aromatic rings. The third kappa shape index (κ3) is 6.37. The predicted molar refractivity (Wildman–Crippen MR) is 176 cm³/mol. The summed E-state index contributed by atoms with van der Waals surface area (Å²) in [4.78, 5) is 71.2. The van der Waals surface area contributed by atoms with Crippen LogP contribution >= 0.6 is 0 Å². The molecule has 3 aliphatic rings. The quantitative estimate of drug-likeness (QED) is 0.0978. The second-order valence-corrected chi connectivity index (χ2v) is 12.7. The third-order valence-electron chi connectivity index (χ3n) is 9.90. The van der Waals surface area contributed by atoms with Crippen molar-refractivity contribution in [3.05, 3.63) is 56.9 Å². The summed E-state index contributed by atoms with van der Waals surface area (Å²) < 4.78 is 12.6. The van der Waals surface area contributed by atoms with Gasteiger partial charge in [-0.3, -0.25) is 19.6 Å². The number of aryl methyl sites for hydroxylation is 1. The number of nitrogens with zero attached hydrogens (tertiary/aromatic N) is 4. The standard InChI is InChI=1S/C35H41N5O9/c1-3-22-23-17-21(49-34(45)39-15-13-38(14-16-39)30(42)10-8-6-5-7-9-29(41)37-47)11-12-27(23)36-31-24(22)19-40-28(31)18-26-25(32(40)43)20-48-33(44)35(26,46)4-2/h11-12,17-18,46-47H,3-10,13-16,19-20H2,1-2H3,(H,37,41)/t35-/m0/s1. The Morgan fingerprint density at radius 3 is 2.39 bits per heavy atom. The maximum Gasteiger partial charge on any atom is 0.415 e. The number of hydroxylamine groups is 1. The van der Waals surface area contributed by atoms with E-state index in [0.717, 1.165) is 29.4 Å². The number of piperazine rings is 1. The highest BCUT2D eigenvalue weighted by atomic mass is 16.6. The number of fused-ring (bicyclic) bond motifs is 5. The van der Waals surface area contributed by atoms with Crippen LogP contribution in [0.3, 0.4) is 0 Å². The summed E-state index contributed by atoms with van der Waals surface area (Å²) in [5, 5.41) is 20.5. The first-order chi connectivity index (χ1) is 23.6. The largest absolute Gasteiger partial charge is 0.458 e. The van der Waals surface area contributed by atoms with Crippen molar-refractivity contribution < 1.29 is 39.0 Å². The van der Waals surface area contributed by atoms with Crippen LogP contribution in [-0.2, 0) is 44.3 Å². The fraction of sp³-hybridized carbons (Fsp3) is 0.486. The van der Waals surface area contributed by atoms with Gasteiger partial charge in [-0.05, 0) is 55.5 Å². The fourth-order valence-electron chi connectivity index (χ4n) is 7.04. The minimum atomic E-state index is -1.90. The molecule has 14 heteroatoms. The highest BCUT2D eigenvalue weighted by Crippen LogP contribution is 2.40. The molecule has 14 nitrogen and oxygen atoms in total. The van der Waals surface area contributed by atoms with E-state index in [-0.39, 0.29) is 48.6 Å². The fourth-order valence-corrected chi connectivity index (χ4v) is 7.04. The number of nitrogens with one attached hydrogen (secondary N) is 1. The van der Waals surface area contributed by atoms with E-state index in [1.54, 1.807) is 51.0 Å². The SMILES string of the molecule is CCc1c2c(nc3ccc(OC(=O)N4CCN(C(=O)CCCCCCC(=O)NO)CC4)cc13)-c1cc3c(c(=O)n1C2)COC(=O)[C@]3(O)CC. The van der Waals surface area contributed by atoms with Crippen molar-refractivity contribution in [2.45, 2.75) is 84.0 Å². The van der Waals surface area contributed by atoms with Gasteiger partial charge in [-0.15, -0.1) is 0 Å². The number of cyclic esters (lactones) is 1. The maximum absolute atomic E-state index is 13.6. The first-order valence-corrected chi connectivity index (χ1v) is 16.9. The van der Waals surface area contributed by atoms with Crippen LogP contribution in [-0.4, -0.2) is 79.7 Å². The molecule has 0 saturated carbocycles. The molecule has 2 aromatic heterocycles. The number of amides is 3. The zero-order valence-electron chi connectivity index (χ0n) is 27.7. The average molecular weight is 676 g/mol. The Bertz CT molecular complexity index is 1880. The van der Waals surface area contributed by atoms with Gasteiger partial charge in [0.25, 0.3) is 5.56 Å². The molecular formula is C35H41N5O9. The number of ether oxygens (including phenoxy) is 2. The van der Waals surface area contributed by atoms with E-state index >= 15 is 0 Å². The Balaban J connectivity index is 1.12. The maximum atomic E-state index is 13.6. The van der Waals surface area contributed by atoms with Crippen molar-refractivity contribution in [2.24, 2.45) is 0 Å². The molecule has 1 saturated heterocycles. The minimum Gasteiger partial charge on any atom is -0.458 e. The third-order valence-corrected chi connectivity index (χ3v) is 9.90. The number of pyridine rings is 2. The minimum absolute atomic E-state index is 0.0372. The summed E-state index contributed by atoms with van der Waals surface area (Å²) in [7, 11) is 0. The number of aromatic nitrogens is 2. The Morgan fingerprint density at radius 1 is 0.980 bits per heavy atom. The van der Waals surface area contributed by atoms with Gasteiger partial charge in [-0.25, -0.2) is 20.1 Å². The number of rotatable bonds is 10.